The molecule has 23 heavy (non-hydrogen) atoms. The van der Waals surface area contributed by atoms with E-state index in [1.165, 1.54) is 10.8 Å². The molecule has 2 heterocycles. The van der Waals surface area contributed by atoms with E-state index in [9.17, 15) is 10.1 Å². The van der Waals surface area contributed by atoms with Gasteiger partial charge in [0.2, 0.25) is 0 Å². The fourth-order valence-electron chi connectivity index (χ4n) is 2.34. The van der Waals surface area contributed by atoms with Crippen LogP contribution in [0, 0.1) is 17.0 Å². The van der Waals surface area contributed by atoms with E-state index >= 15 is 0 Å². The Labute approximate surface area is 131 Å². The molecule has 2 N–H and O–H groups in total. The number of fused-ring (bicyclic) bond motifs is 1. The largest absolute Gasteiger partial charge is 0.489 e. The van der Waals surface area contributed by atoms with Crippen LogP contribution in [-0.4, -0.2) is 26.1 Å². The summed E-state index contributed by atoms with van der Waals surface area (Å²) in [5, 5.41) is 11.8. The van der Waals surface area contributed by atoms with Crippen LogP contribution < -0.4 is 10.5 Å². The molecule has 3 aromatic rings. The fourth-order valence-corrected chi connectivity index (χ4v) is 2.34. The van der Waals surface area contributed by atoms with Crippen molar-refractivity contribution in [3.8, 4) is 5.75 Å². The number of pyridine rings is 1. The van der Waals surface area contributed by atoms with Crippen molar-refractivity contribution in [2.45, 2.75) is 13.5 Å². The highest BCUT2D eigenvalue weighted by Gasteiger charge is 2.16. The van der Waals surface area contributed by atoms with Crippen molar-refractivity contribution in [2.75, 3.05) is 12.3 Å². The lowest BCUT2D eigenvalue weighted by molar-refractivity contribution is -0.392. The molecule has 8 heteroatoms. The van der Waals surface area contributed by atoms with Crippen LogP contribution in [0.25, 0.3) is 10.9 Å². The molecule has 8 nitrogen and oxygen atoms in total. The van der Waals surface area contributed by atoms with E-state index in [2.05, 4.69) is 9.97 Å². The van der Waals surface area contributed by atoms with Crippen molar-refractivity contribution < 1.29 is 9.66 Å². The Balaban J connectivity index is 1.70. The van der Waals surface area contributed by atoms with Crippen molar-refractivity contribution in [1.82, 2.24) is 14.5 Å². The quantitative estimate of drug-likeness (QED) is 0.572. The van der Waals surface area contributed by atoms with Crippen LogP contribution in [0.3, 0.4) is 0 Å². The minimum absolute atomic E-state index is 0.0377. The minimum atomic E-state index is -0.452. The number of imidazole rings is 1. The molecule has 1 aromatic carbocycles. The highest BCUT2D eigenvalue weighted by molar-refractivity contribution is 5.81. The Morgan fingerprint density at radius 1 is 1.35 bits per heavy atom. The molecule has 0 amide bonds. The van der Waals surface area contributed by atoms with Crippen LogP contribution in [0.5, 0.6) is 5.75 Å². The number of aromatic nitrogens is 3. The van der Waals surface area contributed by atoms with Gasteiger partial charge in [-0.25, -0.2) is 14.5 Å². The Hall–Kier alpha value is -3.16. The fraction of sp³-hybridized carbons (Fsp3) is 0.200. The molecule has 0 saturated heterocycles. The summed E-state index contributed by atoms with van der Waals surface area (Å²) in [4.78, 5) is 18.7. The summed E-state index contributed by atoms with van der Waals surface area (Å²) in [6.45, 7) is 2.37. The lowest BCUT2D eigenvalue weighted by Gasteiger charge is -2.07. The first kappa shape index (κ1) is 14.8. The van der Waals surface area contributed by atoms with Gasteiger partial charge < -0.3 is 20.6 Å². The number of nitro groups is 1. The van der Waals surface area contributed by atoms with Gasteiger partial charge in [-0.05, 0) is 35.3 Å². The highest BCUT2D eigenvalue weighted by Crippen LogP contribution is 2.21. The number of benzene rings is 1. The summed E-state index contributed by atoms with van der Waals surface area (Å²) >= 11 is 0. The van der Waals surface area contributed by atoms with E-state index in [0.29, 0.717) is 30.5 Å². The Bertz CT molecular complexity index is 875. The number of rotatable bonds is 5. The molecular weight excluding hydrogens is 298 g/mol. The maximum atomic E-state index is 10.9. The van der Waals surface area contributed by atoms with Gasteiger partial charge in [0.15, 0.2) is 5.82 Å². The zero-order chi connectivity index (χ0) is 16.4. The molecule has 0 radical (unpaired) electrons. The van der Waals surface area contributed by atoms with Crippen LogP contribution in [0.2, 0.25) is 0 Å². The lowest BCUT2D eigenvalue weighted by atomic mass is 10.2. The van der Waals surface area contributed by atoms with Crippen LogP contribution in [0.4, 0.5) is 11.6 Å². The molecule has 0 spiro atoms. The topological polar surface area (TPSA) is 109 Å². The number of nitrogens with two attached hydrogens (primary N) is 1. The van der Waals surface area contributed by atoms with E-state index in [-0.39, 0.29) is 5.82 Å². The van der Waals surface area contributed by atoms with Gasteiger partial charge in [0.1, 0.15) is 30.9 Å². The number of ether oxygens (including phenoxy) is 1. The molecule has 0 bridgehead atoms. The first-order chi connectivity index (χ1) is 11.0. The molecule has 0 saturated carbocycles. The van der Waals surface area contributed by atoms with Crippen molar-refractivity contribution in [1.29, 1.82) is 0 Å². The monoisotopic (exact) mass is 313 g/mol. The summed E-state index contributed by atoms with van der Waals surface area (Å²) in [6, 6.07) is 9.08. The molecule has 0 unspecified atom stereocenters. The van der Waals surface area contributed by atoms with Gasteiger partial charge in [-0.15, -0.1) is 0 Å². The molecule has 0 aliphatic carbocycles. The second-order valence-corrected chi connectivity index (χ2v) is 5.01. The van der Waals surface area contributed by atoms with Crippen LogP contribution >= 0.6 is 0 Å². The van der Waals surface area contributed by atoms with Gasteiger partial charge >= 0.3 is 5.82 Å². The van der Waals surface area contributed by atoms with Gasteiger partial charge in [0.05, 0.1) is 5.52 Å². The lowest BCUT2D eigenvalue weighted by Crippen LogP contribution is -2.11. The zero-order valence-corrected chi connectivity index (χ0v) is 12.5. The normalized spacial score (nSPS) is 10.8. The third-order valence-corrected chi connectivity index (χ3v) is 3.49. The maximum absolute atomic E-state index is 10.9. The Morgan fingerprint density at radius 3 is 2.96 bits per heavy atom. The van der Waals surface area contributed by atoms with E-state index in [1.54, 1.807) is 19.1 Å². The number of anilines is 1. The summed E-state index contributed by atoms with van der Waals surface area (Å²) in [5.74, 6) is 1.68. The second-order valence-electron chi connectivity index (χ2n) is 5.01. The van der Waals surface area contributed by atoms with Gasteiger partial charge in [-0.1, -0.05) is 0 Å². The smallest absolute Gasteiger partial charge is 0.342 e. The Morgan fingerprint density at radius 2 is 2.17 bits per heavy atom. The summed E-state index contributed by atoms with van der Waals surface area (Å²) in [7, 11) is 0. The van der Waals surface area contributed by atoms with Crippen molar-refractivity contribution >= 4 is 22.5 Å². The second kappa shape index (κ2) is 5.91. The third-order valence-electron chi connectivity index (χ3n) is 3.49. The van der Waals surface area contributed by atoms with Gasteiger partial charge in [0.25, 0.3) is 0 Å². The molecule has 3 rings (SSSR count). The summed E-state index contributed by atoms with van der Waals surface area (Å²) in [6.07, 6.45) is 1.25. The van der Waals surface area contributed by atoms with Crippen molar-refractivity contribution in [3.63, 3.8) is 0 Å². The number of hydrogen-bond acceptors (Lipinski definition) is 6. The SMILES string of the molecule is Cc1ncc([N+](=O)[O-])n1CCOc1ccc2nc(N)ccc2c1. The maximum Gasteiger partial charge on any atom is 0.342 e. The number of aryl methyl sites for hydroxylation is 1. The predicted octanol–water partition coefficient (Wildman–Crippen LogP) is 2.31. The van der Waals surface area contributed by atoms with Gasteiger partial charge in [0, 0.05) is 12.3 Å². The van der Waals surface area contributed by atoms with Crippen LogP contribution in [0.1, 0.15) is 5.82 Å². The van der Waals surface area contributed by atoms with E-state index in [0.717, 1.165) is 10.9 Å². The average molecular weight is 313 g/mol. The van der Waals surface area contributed by atoms with E-state index in [1.807, 2.05) is 18.2 Å². The minimum Gasteiger partial charge on any atom is -0.489 e. The van der Waals surface area contributed by atoms with Crippen molar-refractivity contribution in [3.05, 3.63) is 52.5 Å². The predicted molar refractivity (Wildman–Crippen MR) is 85.3 cm³/mol. The van der Waals surface area contributed by atoms with Gasteiger partial charge in [-0.2, -0.15) is 0 Å². The molecule has 0 atom stereocenters. The standard InChI is InChI=1S/C15H15N5O3/c1-10-17-9-15(20(21)22)19(10)6-7-23-12-3-4-13-11(8-12)2-5-14(16)18-13/h2-5,8-9H,6-7H2,1H3,(H2,16,18). The van der Waals surface area contributed by atoms with E-state index < -0.39 is 4.92 Å². The number of nitrogens with zero attached hydrogens (tertiary/aromatic N) is 4. The molecule has 0 aliphatic rings. The molecule has 118 valence electrons. The molecule has 2 aromatic heterocycles. The zero-order valence-electron chi connectivity index (χ0n) is 12.5. The van der Waals surface area contributed by atoms with Crippen molar-refractivity contribution in [2.24, 2.45) is 0 Å². The molecular formula is C15H15N5O3. The third kappa shape index (κ3) is 3.05. The highest BCUT2D eigenvalue weighted by atomic mass is 16.6. The first-order valence-electron chi connectivity index (χ1n) is 7.00. The average Bonchev–Trinajstić information content (AvgIpc) is 2.89. The number of hydrogen-bond donors (Lipinski definition) is 1. The van der Waals surface area contributed by atoms with Crippen LogP contribution in [-0.2, 0) is 6.54 Å². The first-order valence-corrected chi connectivity index (χ1v) is 7.00. The molecule has 0 fully saturated rings. The summed E-state index contributed by atoms with van der Waals surface area (Å²) in [5.41, 5.74) is 6.43. The number of nitrogen functional groups attached to an aromatic ring is 1. The summed E-state index contributed by atoms with van der Waals surface area (Å²) < 4.78 is 7.19. The van der Waals surface area contributed by atoms with Crippen LogP contribution in [0.15, 0.2) is 36.5 Å². The Kier molecular flexibility index (Phi) is 3.80. The van der Waals surface area contributed by atoms with E-state index in [4.69, 9.17) is 10.5 Å². The van der Waals surface area contributed by atoms with Gasteiger partial charge in [-0.3, -0.25) is 0 Å². The molecule has 0 aliphatic heterocycles.